The van der Waals surface area contributed by atoms with E-state index >= 15 is 0 Å². The SMILES string of the molecule is COCc1ccc(OCCCN2CCN([IH+])CC2)nc1. The average molecular weight is 392 g/mol. The molecule has 1 aromatic rings. The second kappa shape index (κ2) is 8.76. The van der Waals surface area contributed by atoms with Gasteiger partial charge in [0.25, 0.3) is 0 Å². The molecule has 0 saturated carbocycles. The summed E-state index contributed by atoms with van der Waals surface area (Å²) in [6, 6.07) is 3.90. The van der Waals surface area contributed by atoms with E-state index in [9.17, 15) is 0 Å². The molecule has 0 radical (unpaired) electrons. The van der Waals surface area contributed by atoms with Crippen molar-refractivity contribution in [3.8, 4) is 5.88 Å². The van der Waals surface area contributed by atoms with Crippen LogP contribution in [-0.4, -0.2) is 59.4 Å². The number of hydrogen-bond acceptors (Lipinski definition) is 5. The second-order valence-electron chi connectivity index (χ2n) is 4.91. The zero-order valence-electron chi connectivity index (χ0n) is 12.0. The van der Waals surface area contributed by atoms with E-state index in [4.69, 9.17) is 9.47 Å². The fraction of sp³-hybridized carbons (Fsp3) is 0.643. The van der Waals surface area contributed by atoms with Crippen molar-refractivity contribution in [2.24, 2.45) is 0 Å². The van der Waals surface area contributed by atoms with Crippen molar-refractivity contribution in [2.75, 3.05) is 46.4 Å². The largest absolute Gasteiger partial charge is 0.478 e. The van der Waals surface area contributed by atoms with Crippen LogP contribution in [0.3, 0.4) is 0 Å². The Balaban J connectivity index is 1.60. The van der Waals surface area contributed by atoms with Gasteiger partial charge in [0.15, 0.2) is 0 Å². The number of methoxy groups -OCH3 is 1. The highest BCUT2D eigenvalue weighted by Crippen LogP contribution is 2.08. The molecular formula is C14H23IN3O2+. The molecule has 0 bridgehead atoms. The summed E-state index contributed by atoms with van der Waals surface area (Å²) in [5, 5.41) is 0. The van der Waals surface area contributed by atoms with Crippen LogP contribution in [0.5, 0.6) is 5.88 Å². The minimum atomic E-state index is 0.594. The van der Waals surface area contributed by atoms with E-state index in [2.05, 4.69) is 35.9 Å². The number of halogens is 1. The monoisotopic (exact) mass is 392 g/mol. The van der Waals surface area contributed by atoms with Crippen molar-refractivity contribution < 1.29 is 32.3 Å². The molecule has 0 spiro atoms. The van der Waals surface area contributed by atoms with Crippen LogP contribution in [0, 0.1) is 0 Å². The van der Waals surface area contributed by atoms with E-state index in [1.54, 1.807) is 13.3 Å². The molecule has 2 rings (SSSR count). The standard InChI is InChI=1S/C14H23IN3O2/c1-19-12-13-3-4-14(16-11-13)20-10-2-5-17-6-8-18(15)9-7-17/h3-4,11,15H,2,5-10,12H2,1H3/q+1. The third-order valence-corrected chi connectivity index (χ3v) is 4.35. The van der Waals surface area contributed by atoms with Gasteiger partial charge in [-0.2, -0.15) is 0 Å². The molecule has 20 heavy (non-hydrogen) atoms. The van der Waals surface area contributed by atoms with Crippen LogP contribution in [0.1, 0.15) is 12.0 Å². The number of hydrogen-bond donors (Lipinski definition) is 0. The van der Waals surface area contributed by atoms with Gasteiger partial charge in [-0.25, -0.2) is 4.98 Å². The predicted octanol–water partition coefficient (Wildman–Crippen LogP) is -2.18. The molecule has 0 atom stereocenters. The summed E-state index contributed by atoms with van der Waals surface area (Å²) in [5.41, 5.74) is 1.07. The highest BCUT2D eigenvalue weighted by atomic mass is 127. The first-order valence-electron chi connectivity index (χ1n) is 6.99. The zero-order chi connectivity index (χ0) is 14.2. The molecule has 0 unspecified atom stereocenters. The lowest BCUT2D eigenvalue weighted by Crippen LogP contribution is -3.41. The summed E-state index contributed by atoms with van der Waals surface area (Å²) in [6.45, 7) is 7.12. The molecule has 0 aliphatic carbocycles. The van der Waals surface area contributed by atoms with Gasteiger partial charge < -0.3 is 14.4 Å². The molecule has 0 N–H and O–H groups in total. The zero-order valence-corrected chi connectivity index (χ0v) is 14.3. The number of nitrogens with zero attached hydrogens (tertiary/aromatic N) is 3. The number of rotatable bonds is 7. The Bertz CT molecular complexity index is 381. The summed E-state index contributed by atoms with van der Waals surface area (Å²) < 4.78 is 13.1. The van der Waals surface area contributed by atoms with Crippen LogP contribution in [0.4, 0.5) is 0 Å². The minimum absolute atomic E-state index is 0.594. The number of piperazine rings is 1. The first kappa shape index (κ1) is 15.9. The van der Waals surface area contributed by atoms with Gasteiger partial charge in [0, 0.05) is 39.0 Å². The van der Waals surface area contributed by atoms with E-state index in [1.807, 2.05) is 12.1 Å². The molecule has 1 aromatic heterocycles. The van der Waals surface area contributed by atoms with E-state index in [1.165, 1.54) is 26.2 Å². The second-order valence-corrected chi connectivity index (χ2v) is 6.38. The smallest absolute Gasteiger partial charge is 0.370 e. The van der Waals surface area contributed by atoms with Crippen molar-refractivity contribution in [3.05, 3.63) is 23.9 Å². The molecule has 2 heterocycles. The van der Waals surface area contributed by atoms with Gasteiger partial charge >= 0.3 is 22.9 Å². The quantitative estimate of drug-likeness (QED) is 0.300. The van der Waals surface area contributed by atoms with Gasteiger partial charge in [0.2, 0.25) is 5.88 Å². The molecule has 1 aliphatic rings. The molecule has 6 heteroatoms. The van der Waals surface area contributed by atoms with Crippen LogP contribution >= 0.6 is 0 Å². The van der Waals surface area contributed by atoms with Gasteiger partial charge in [-0.15, -0.1) is 0 Å². The molecule has 112 valence electrons. The lowest BCUT2D eigenvalue weighted by atomic mass is 10.3. The van der Waals surface area contributed by atoms with Crippen LogP contribution in [0.25, 0.3) is 0 Å². The first-order chi connectivity index (χ1) is 9.78. The van der Waals surface area contributed by atoms with E-state index in [-0.39, 0.29) is 0 Å². The number of aromatic nitrogens is 1. The highest BCUT2D eigenvalue weighted by Gasteiger charge is 2.18. The summed E-state index contributed by atoms with van der Waals surface area (Å²) >= 11 is 2.11. The fourth-order valence-corrected chi connectivity index (χ4v) is 2.63. The number of pyridine rings is 1. The summed E-state index contributed by atoms with van der Waals surface area (Å²) in [5.74, 6) is 0.698. The lowest BCUT2D eigenvalue weighted by molar-refractivity contribution is -0.578. The molecular weight excluding hydrogens is 369 g/mol. The Labute approximate surface area is 134 Å². The van der Waals surface area contributed by atoms with Crippen molar-refractivity contribution in [1.82, 2.24) is 13.0 Å². The summed E-state index contributed by atoms with van der Waals surface area (Å²) in [4.78, 5) is 6.77. The van der Waals surface area contributed by atoms with Crippen molar-refractivity contribution in [3.63, 3.8) is 0 Å². The average Bonchev–Trinajstić information content (AvgIpc) is 2.47. The summed E-state index contributed by atoms with van der Waals surface area (Å²) in [6.07, 6.45) is 2.85. The maximum Gasteiger partial charge on any atom is 0.370 e. The Kier molecular flexibility index (Phi) is 6.98. The van der Waals surface area contributed by atoms with Crippen LogP contribution < -0.4 is 27.6 Å². The Morgan fingerprint density at radius 1 is 1.25 bits per heavy atom. The maximum absolute atomic E-state index is 5.66. The Hall–Kier alpha value is -0.440. The Morgan fingerprint density at radius 3 is 2.70 bits per heavy atom. The van der Waals surface area contributed by atoms with Gasteiger partial charge in [-0.1, -0.05) is 3.11 Å². The first-order valence-corrected chi connectivity index (χ1v) is 8.03. The summed E-state index contributed by atoms with van der Waals surface area (Å²) in [7, 11) is 1.68. The van der Waals surface area contributed by atoms with Gasteiger partial charge in [-0.05, 0) is 18.1 Å². The molecule has 1 fully saturated rings. The molecule has 0 aromatic carbocycles. The van der Waals surface area contributed by atoms with Gasteiger partial charge in [0.1, 0.15) is 0 Å². The van der Waals surface area contributed by atoms with Crippen LogP contribution in [0.15, 0.2) is 18.3 Å². The minimum Gasteiger partial charge on any atom is -0.478 e. The van der Waals surface area contributed by atoms with E-state index < -0.39 is 0 Å². The van der Waals surface area contributed by atoms with Crippen LogP contribution in [-0.2, 0) is 11.3 Å². The van der Waals surface area contributed by atoms with Crippen molar-refractivity contribution in [1.29, 1.82) is 0 Å². The third kappa shape index (κ3) is 5.51. The molecule has 5 nitrogen and oxygen atoms in total. The van der Waals surface area contributed by atoms with Crippen LogP contribution in [0.2, 0.25) is 0 Å². The van der Waals surface area contributed by atoms with Crippen molar-refractivity contribution >= 4 is 0 Å². The van der Waals surface area contributed by atoms with E-state index in [0.29, 0.717) is 12.5 Å². The normalized spacial score (nSPS) is 17.3. The topological polar surface area (TPSA) is 37.8 Å². The third-order valence-electron chi connectivity index (χ3n) is 3.31. The van der Waals surface area contributed by atoms with Gasteiger partial charge in [-0.3, -0.25) is 0 Å². The number of ether oxygens (including phenoxy) is 2. The Morgan fingerprint density at radius 2 is 2.05 bits per heavy atom. The fourth-order valence-electron chi connectivity index (χ4n) is 2.17. The maximum atomic E-state index is 5.66. The highest BCUT2D eigenvalue weighted by molar-refractivity contribution is 5.17. The molecule has 1 aliphatic heterocycles. The van der Waals surface area contributed by atoms with E-state index in [0.717, 1.165) is 25.1 Å². The lowest BCUT2D eigenvalue weighted by Gasteiger charge is -2.27. The molecule has 0 amide bonds. The van der Waals surface area contributed by atoms with Gasteiger partial charge in [0.05, 0.1) is 26.3 Å². The molecule has 1 saturated heterocycles. The predicted molar refractivity (Wildman–Crippen MR) is 74.5 cm³/mol. The van der Waals surface area contributed by atoms with Crippen molar-refractivity contribution in [2.45, 2.75) is 13.0 Å².